The van der Waals surface area contributed by atoms with Gasteiger partial charge in [0.15, 0.2) is 4.90 Å². The molecule has 2 aromatic heterocycles. The lowest BCUT2D eigenvalue weighted by atomic mass is 10.0. The van der Waals surface area contributed by atoms with Crippen LogP contribution in [0.4, 0.5) is 0 Å². The Labute approximate surface area is 228 Å². The van der Waals surface area contributed by atoms with Gasteiger partial charge in [0, 0.05) is 18.8 Å². The molecule has 2 aromatic carbocycles. The quantitative estimate of drug-likeness (QED) is 0.301. The van der Waals surface area contributed by atoms with Crippen LogP contribution in [0.3, 0.4) is 0 Å². The standard InChI is InChI=1S/C30H30N4O4S/c1-4-6-10-27-33-29(35)28(30(36)34(27)26(5-2)23-9-7-8-21(17-23)18-31)39(37,38)24-13-11-22(12-14-24)25-15-16-32-19-20(25)3/h7-9,11-17,19,26,35H,4-6,10H2,1-3H3. The molecule has 1 unspecified atom stereocenters. The summed E-state index contributed by atoms with van der Waals surface area (Å²) in [7, 11) is -4.42. The Morgan fingerprint density at radius 1 is 1.10 bits per heavy atom. The number of hydrogen-bond donors (Lipinski definition) is 1. The number of nitrogens with zero attached hydrogens (tertiary/aromatic N) is 4. The molecule has 0 spiro atoms. The van der Waals surface area contributed by atoms with Gasteiger partial charge in [-0.2, -0.15) is 10.2 Å². The summed E-state index contributed by atoms with van der Waals surface area (Å²) in [5.74, 6) is -0.506. The predicted octanol–water partition coefficient (Wildman–Crippen LogP) is 5.37. The van der Waals surface area contributed by atoms with Gasteiger partial charge < -0.3 is 5.11 Å². The number of aromatic hydroxyl groups is 1. The number of hydrogen-bond acceptors (Lipinski definition) is 7. The van der Waals surface area contributed by atoms with Crippen molar-refractivity contribution in [2.75, 3.05) is 0 Å². The van der Waals surface area contributed by atoms with E-state index in [0.29, 0.717) is 36.2 Å². The fourth-order valence-electron chi connectivity index (χ4n) is 4.73. The summed E-state index contributed by atoms with van der Waals surface area (Å²) in [6.07, 6.45) is 5.73. The van der Waals surface area contributed by atoms with Gasteiger partial charge in [0.1, 0.15) is 5.82 Å². The van der Waals surface area contributed by atoms with E-state index in [-0.39, 0.29) is 4.90 Å². The van der Waals surface area contributed by atoms with Crippen molar-refractivity contribution in [3.63, 3.8) is 0 Å². The number of aromatic nitrogens is 3. The summed E-state index contributed by atoms with van der Waals surface area (Å²) in [5, 5.41) is 20.2. The van der Waals surface area contributed by atoms with E-state index in [4.69, 9.17) is 0 Å². The number of unbranched alkanes of at least 4 members (excludes halogenated alkanes) is 1. The minimum absolute atomic E-state index is 0.125. The van der Waals surface area contributed by atoms with Crippen molar-refractivity contribution in [3.8, 4) is 23.1 Å². The van der Waals surface area contributed by atoms with Crippen molar-refractivity contribution in [1.82, 2.24) is 14.5 Å². The molecule has 0 aliphatic rings. The SMILES string of the molecule is CCCCc1nc(O)c(S(=O)(=O)c2ccc(-c3ccncc3C)cc2)c(=O)n1C(CC)c1cccc(C#N)c1. The van der Waals surface area contributed by atoms with Crippen molar-refractivity contribution in [1.29, 1.82) is 5.26 Å². The molecule has 9 heteroatoms. The molecule has 0 fully saturated rings. The average Bonchev–Trinajstić information content (AvgIpc) is 2.94. The van der Waals surface area contributed by atoms with Gasteiger partial charge >= 0.3 is 0 Å². The minimum atomic E-state index is -4.42. The summed E-state index contributed by atoms with van der Waals surface area (Å²) < 4.78 is 28.9. The number of rotatable bonds is 9. The van der Waals surface area contributed by atoms with Crippen LogP contribution >= 0.6 is 0 Å². The highest BCUT2D eigenvalue weighted by molar-refractivity contribution is 7.91. The third-order valence-corrected chi connectivity index (χ3v) is 8.53. The van der Waals surface area contributed by atoms with E-state index in [1.807, 2.05) is 26.8 Å². The number of aryl methyl sites for hydroxylation is 2. The molecule has 0 bridgehead atoms. The van der Waals surface area contributed by atoms with Crippen molar-refractivity contribution in [2.45, 2.75) is 62.3 Å². The van der Waals surface area contributed by atoms with Crippen molar-refractivity contribution in [2.24, 2.45) is 0 Å². The first-order valence-corrected chi connectivity index (χ1v) is 14.3. The predicted molar refractivity (Wildman–Crippen MR) is 148 cm³/mol. The van der Waals surface area contributed by atoms with E-state index >= 15 is 0 Å². The maximum Gasteiger partial charge on any atom is 0.277 e. The summed E-state index contributed by atoms with van der Waals surface area (Å²) in [5.41, 5.74) is 2.92. The van der Waals surface area contributed by atoms with Crippen LogP contribution in [0.1, 0.15) is 61.7 Å². The molecule has 1 atom stereocenters. The molecule has 0 amide bonds. The van der Waals surface area contributed by atoms with Crippen LogP contribution in [0.2, 0.25) is 0 Å². The van der Waals surface area contributed by atoms with Crippen LogP contribution in [-0.2, 0) is 16.3 Å². The van der Waals surface area contributed by atoms with Gasteiger partial charge in [-0.25, -0.2) is 8.42 Å². The molecule has 39 heavy (non-hydrogen) atoms. The molecule has 1 N–H and O–H groups in total. The number of pyridine rings is 1. The summed E-state index contributed by atoms with van der Waals surface area (Å²) in [6.45, 7) is 5.78. The lowest BCUT2D eigenvalue weighted by Crippen LogP contribution is -2.33. The van der Waals surface area contributed by atoms with Gasteiger partial charge in [0.25, 0.3) is 5.56 Å². The van der Waals surface area contributed by atoms with Crippen LogP contribution in [0.25, 0.3) is 11.1 Å². The van der Waals surface area contributed by atoms with Crippen molar-refractivity contribution >= 4 is 9.84 Å². The Kier molecular flexibility index (Phi) is 8.27. The molecule has 0 radical (unpaired) electrons. The Balaban J connectivity index is 1.88. The van der Waals surface area contributed by atoms with Gasteiger partial charge in [0.2, 0.25) is 15.7 Å². The van der Waals surface area contributed by atoms with Gasteiger partial charge in [0.05, 0.1) is 22.6 Å². The van der Waals surface area contributed by atoms with Crippen molar-refractivity contribution in [3.05, 3.63) is 99.9 Å². The first-order chi connectivity index (χ1) is 18.7. The smallest absolute Gasteiger partial charge is 0.277 e. The molecule has 0 aliphatic heterocycles. The van der Waals surface area contributed by atoms with E-state index in [9.17, 15) is 23.6 Å². The van der Waals surface area contributed by atoms with Crippen LogP contribution in [0, 0.1) is 18.3 Å². The maximum atomic E-state index is 14.0. The molecular formula is C30H30N4O4S. The molecule has 2 heterocycles. The molecule has 4 aromatic rings. The molecule has 4 rings (SSSR count). The van der Waals surface area contributed by atoms with Gasteiger partial charge in [-0.05, 0) is 72.4 Å². The third kappa shape index (κ3) is 5.47. The number of sulfone groups is 1. The van der Waals surface area contributed by atoms with Gasteiger partial charge in [-0.15, -0.1) is 0 Å². The fourth-order valence-corrected chi connectivity index (χ4v) is 6.07. The van der Waals surface area contributed by atoms with Crippen LogP contribution in [0.15, 0.2) is 81.6 Å². The normalized spacial score (nSPS) is 12.2. The maximum absolute atomic E-state index is 14.0. The molecule has 0 aliphatic carbocycles. The number of benzene rings is 2. The first kappa shape index (κ1) is 27.7. The third-order valence-electron chi connectivity index (χ3n) is 6.75. The zero-order chi connectivity index (χ0) is 28.2. The highest BCUT2D eigenvalue weighted by atomic mass is 32.2. The highest BCUT2D eigenvalue weighted by Crippen LogP contribution is 2.30. The Hall–Kier alpha value is -4.29. The number of nitriles is 1. The van der Waals surface area contributed by atoms with E-state index < -0.39 is 32.2 Å². The summed E-state index contributed by atoms with van der Waals surface area (Å²) in [4.78, 5) is 21.4. The van der Waals surface area contributed by atoms with Crippen LogP contribution in [0.5, 0.6) is 5.88 Å². The Bertz CT molecular complexity index is 1700. The zero-order valence-electron chi connectivity index (χ0n) is 22.1. The fraction of sp³-hybridized carbons (Fsp3) is 0.267. The second-order valence-electron chi connectivity index (χ2n) is 9.34. The summed E-state index contributed by atoms with van der Waals surface area (Å²) >= 11 is 0. The zero-order valence-corrected chi connectivity index (χ0v) is 22.9. The van der Waals surface area contributed by atoms with E-state index in [1.54, 1.807) is 48.8 Å². The van der Waals surface area contributed by atoms with Crippen LogP contribution < -0.4 is 5.56 Å². The second kappa shape index (κ2) is 11.6. The molecule has 200 valence electrons. The monoisotopic (exact) mass is 542 g/mol. The Morgan fingerprint density at radius 3 is 2.49 bits per heavy atom. The second-order valence-corrected chi connectivity index (χ2v) is 11.2. The minimum Gasteiger partial charge on any atom is -0.492 e. The first-order valence-electron chi connectivity index (χ1n) is 12.8. The average molecular weight is 543 g/mol. The topological polar surface area (TPSA) is 126 Å². The molecular weight excluding hydrogens is 512 g/mol. The highest BCUT2D eigenvalue weighted by Gasteiger charge is 2.31. The largest absolute Gasteiger partial charge is 0.492 e. The molecule has 0 saturated heterocycles. The van der Waals surface area contributed by atoms with E-state index in [2.05, 4.69) is 16.0 Å². The Morgan fingerprint density at radius 2 is 1.85 bits per heavy atom. The molecule has 8 nitrogen and oxygen atoms in total. The van der Waals surface area contributed by atoms with Gasteiger partial charge in [-0.1, -0.05) is 44.5 Å². The van der Waals surface area contributed by atoms with Gasteiger partial charge in [-0.3, -0.25) is 14.3 Å². The van der Waals surface area contributed by atoms with E-state index in [0.717, 1.165) is 23.1 Å². The lowest BCUT2D eigenvalue weighted by molar-refractivity contribution is 0.406. The van der Waals surface area contributed by atoms with Crippen LogP contribution in [-0.4, -0.2) is 28.1 Å². The summed E-state index contributed by atoms with van der Waals surface area (Å²) in [6, 6.07) is 16.4. The van der Waals surface area contributed by atoms with E-state index in [1.165, 1.54) is 16.7 Å². The van der Waals surface area contributed by atoms with Crippen molar-refractivity contribution < 1.29 is 13.5 Å². The molecule has 0 saturated carbocycles. The lowest BCUT2D eigenvalue weighted by Gasteiger charge is -2.23.